The second-order valence-electron chi connectivity index (χ2n) is 5.37. The van der Waals surface area contributed by atoms with Crippen molar-refractivity contribution in [2.75, 3.05) is 43.7 Å². The van der Waals surface area contributed by atoms with Crippen LogP contribution in [-0.2, 0) is 0 Å². The van der Waals surface area contributed by atoms with E-state index in [1.807, 2.05) is 43.3 Å². The lowest BCUT2D eigenvalue weighted by Gasteiger charge is -2.12. The predicted octanol–water partition coefficient (Wildman–Crippen LogP) is 1.65. The van der Waals surface area contributed by atoms with Gasteiger partial charge in [0.25, 0.3) is 0 Å². The molecule has 2 rings (SSSR count). The Morgan fingerprint density at radius 1 is 1.04 bits per heavy atom. The van der Waals surface area contributed by atoms with Gasteiger partial charge in [0.15, 0.2) is 5.82 Å². The first-order valence-electron chi connectivity index (χ1n) is 6.99. The zero-order valence-electron chi connectivity index (χ0n) is 13.6. The van der Waals surface area contributed by atoms with E-state index in [4.69, 9.17) is 5.73 Å². The van der Waals surface area contributed by atoms with Gasteiger partial charge in [-0.2, -0.15) is 20.2 Å². The molecule has 2 aromatic rings. The highest BCUT2D eigenvalue weighted by molar-refractivity contribution is 5.87. The number of nitrogens with two attached hydrogens (primary N) is 1. The fourth-order valence-corrected chi connectivity index (χ4v) is 1.88. The number of benzene rings is 1. The maximum Gasteiger partial charge on any atom is 0.230 e. The predicted molar refractivity (Wildman–Crippen MR) is 92.8 cm³/mol. The molecule has 1 aromatic heterocycles. The van der Waals surface area contributed by atoms with Crippen LogP contribution in [0.25, 0.3) is 11.6 Å². The van der Waals surface area contributed by atoms with E-state index >= 15 is 0 Å². The summed E-state index contributed by atoms with van der Waals surface area (Å²) in [6.07, 6.45) is 1.73. The van der Waals surface area contributed by atoms with Gasteiger partial charge in [-0.1, -0.05) is 12.1 Å². The molecule has 2 N–H and O–H groups in total. The van der Waals surface area contributed by atoms with Crippen molar-refractivity contribution in [3.8, 4) is 6.07 Å². The van der Waals surface area contributed by atoms with Gasteiger partial charge in [-0.05, 0) is 23.8 Å². The second kappa shape index (κ2) is 6.75. The molecule has 7 nitrogen and oxygen atoms in total. The van der Waals surface area contributed by atoms with Gasteiger partial charge in [0.1, 0.15) is 6.07 Å². The summed E-state index contributed by atoms with van der Waals surface area (Å²) in [7, 11) is 7.55. The zero-order valence-corrected chi connectivity index (χ0v) is 13.6. The largest absolute Gasteiger partial charge is 0.378 e. The first kappa shape index (κ1) is 16.2. The van der Waals surface area contributed by atoms with Crippen LogP contribution < -0.4 is 15.5 Å². The first-order chi connectivity index (χ1) is 10.9. The average Bonchev–Trinajstić information content (AvgIpc) is 2.52. The van der Waals surface area contributed by atoms with Gasteiger partial charge in [0.05, 0.1) is 5.57 Å². The highest BCUT2D eigenvalue weighted by Crippen LogP contribution is 2.19. The van der Waals surface area contributed by atoms with Gasteiger partial charge in [-0.15, -0.1) is 0 Å². The molecule has 0 unspecified atom stereocenters. The summed E-state index contributed by atoms with van der Waals surface area (Å²) < 4.78 is 0. The Balaban J connectivity index is 2.41. The van der Waals surface area contributed by atoms with Crippen LogP contribution in [0, 0.1) is 11.3 Å². The lowest BCUT2D eigenvalue weighted by Crippen LogP contribution is -2.15. The number of nitrogen functional groups attached to an aromatic ring is 1. The van der Waals surface area contributed by atoms with Gasteiger partial charge in [0, 0.05) is 33.9 Å². The van der Waals surface area contributed by atoms with Crippen molar-refractivity contribution < 1.29 is 0 Å². The van der Waals surface area contributed by atoms with E-state index in [0.717, 1.165) is 11.3 Å². The van der Waals surface area contributed by atoms with Crippen molar-refractivity contribution in [3.05, 3.63) is 35.7 Å². The van der Waals surface area contributed by atoms with E-state index in [2.05, 4.69) is 21.0 Å². The summed E-state index contributed by atoms with van der Waals surface area (Å²) >= 11 is 0. The average molecular weight is 309 g/mol. The molecule has 1 heterocycles. The van der Waals surface area contributed by atoms with Crippen LogP contribution in [0.5, 0.6) is 0 Å². The Bertz CT molecular complexity index is 755. The third-order valence-electron chi connectivity index (χ3n) is 3.12. The third kappa shape index (κ3) is 3.95. The quantitative estimate of drug-likeness (QED) is 0.858. The Morgan fingerprint density at radius 2 is 1.70 bits per heavy atom. The van der Waals surface area contributed by atoms with Crippen LogP contribution in [0.1, 0.15) is 11.4 Å². The fraction of sp³-hybridized carbons (Fsp3) is 0.250. The maximum absolute atomic E-state index is 9.42. The minimum Gasteiger partial charge on any atom is -0.378 e. The number of anilines is 3. The normalized spacial score (nSPS) is 11.0. The van der Waals surface area contributed by atoms with Crippen LogP contribution in [-0.4, -0.2) is 43.1 Å². The van der Waals surface area contributed by atoms with Crippen LogP contribution >= 0.6 is 0 Å². The standard InChI is InChI=1S/C16H19N7/c1-22(2)13-7-5-11(6-8-13)9-12(10-17)14-19-15(18)21-16(20-14)23(3)4/h5-9H,1-4H3,(H2,18,19,20,21)/b12-9-. The van der Waals surface area contributed by atoms with E-state index in [0.29, 0.717) is 11.5 Å². The number of nitrogens with zero attached hydrogens (tertiary/aromatic N) is 6. The monoisotopic (exact) mass is 309 g/mol. The van der Waals surface area contributed by atoms with Gasteiger partial charge in [0.2, 0.25) is 11.9 Å². The summed E-state index contributed by atoms with van der Waals surface area (Å²) in [4.78, 5) is 16.1. The molecule has 0 spiro atoms. The summed E-state index contributed by atoms with van der Waals surface area (Å²) in [6.45, 7) is 0. The second-order valence-corrected chi connectivity index (χ2v) is 5.37. The van der Waals surface area contributed by atoms with Crippen molar-refractivity contribution in [2.24, 2.45) is 0 Å². The highest BCUT2D eigenvalue weighted by atomic mass is 15.3. The number of hydrogen-bond donors (Lipinski definition) is 1. The van der Waals surface area contributed by atoms with E-state index in [1.165, 1.54) is 0 Å². The van der Waals surface area contributed by atoms with Crippen molar-refractivity contribution in [1.29, 1.82) is 5.26 Å². The fourth-order valence-electron chi connectivity index (χ4n) is 1.88. The van der Waals surface area contributed by atoms with Crippen LogP contribution in [0.15, 0.2) is 24.3 Å². The van der Waals surface area contributed by atoms with Gasteiger partial charge in [-0.3, -0.25) is 0 Å². The highest BCUT2D eigenvalue weighted by Gasteiger charge is 2.10. The molecule has 0 amide bonds. The minimum atomic E-state index is 0.0859. The van der Waals surface area contributed by atoms with Crippen LogP contribution in [0.2, 0.25) is 0 Å². The topological polar surface area (TPSA) is 95.0 Å². The van der Waals surface area contributed by atoms with Crippen LogP contribution in [0.3, 0.4) is 0 Å². The Labute approximate surface area is 135 Å². The number of nitriles is 1. The summed E-state index contributed by atoms with van der Waals surface area (Å²) in [6, 6.07) is 9.95. The molecule has 1 aromatic carbocycles. The van der Waals surface area contributed by atoms with E-state index in [-0.39, 0.29) is 11.8 Å². The van der Waals surface area contributed by atoms with Gasteiger partial charge >= 0.3 is 0 Å². The number of allylic oxidation sites excluding steroid dienone is 1. The van der Waals surface area contributed by atoms with Crippen molar-refractivity contribution in [2.45, 2.75) is 0 Å². The molecule has 0 aliphatic heterocycles. The third-order valence-corrected chi connectivity index (χ3v) is 3.12. The summed E-state index contributed by atoms with van der Waals surface area (Å²) in [5.41, 5.74) is 8.01. The van der Waals surface area contributed by atoms with E-state index in [1.54, 1.807) is 25.1 Å². The summed E-state index contributed by atoms with van der Waals surface area (Å²) in [5, 5.41) is 9.42. The van der Waals surface area contributed by atoms with Crippen LogP contribution in [0.4, 0.5) is 17.6 Å². The van der Waals surface area contributed by atoms with Gasteiger partial charge < -0.3 is 15.5 Å². The van der Waals surface area contributed by atoms with Crippen molar-refractivity contribution in [3.63, 3.8) is 0 Å². The smallest absolute Gasteiger partial charge is 0.230 e. The number of hydrogen-bond acceptors (Lipinski definition) is 7. The molecule has 0 saturated carbocycles. The number of aromatic nitrogens is 3. The molecular weight excluding hydrogens is 290 g/mol. The molecule has 0 fully saturated rings. The van der Waals surface area contributed by atoms with Crippen molar-refractivity contribution >= 4 is 29.2 Å². The lowest BCUT2D eigenvalue weighted by atomic mass is 10.1. The Morgan fingerprint density at radius 3 is 2.22 bits per heavy atom. The molecular formula is C16H19N7. The maximum atomic E-state index is 9.42. The number of rotatable bonds is 4. The lowest BCUT2D eigenvalue weighted by molar-refractivity contribution is 0.952. The summed E-state index contributed by atoms with van der Waals surface area (Å²) in [5.74, 6) is 0.764. The van der Waals surface area contributed by atoms with Crippen molar-refractivity contribution in [1.82, 2.24) is 15.0 Å². The zero-order chi connectivity index (χ0) is 17.0. The van der Waals surface area contributed by atoms with Gasteiger partial charge in [-0.25, -0.2) is 0 Å². The molecule has 0 aliphatic rings. The SMILES string of the molecule is CN(C)c1ccc(/C=C(/C#N)c2nc(N)nc(N(C)C)n2)cc1. The molecule has 7 heteroatoms. The first-order valence-corrected chi connectivity index (χ1v) is 6.99. The molecule has 0 bridgehead atoms. The Kier molecular flexibility index (Phi) is 4.76. The molecule has 0 saturated heterocycles. The minimum absolute atomic E-state index is 0.0859. The molecule has 0 radical (unpaired) electrons. The molecule has 0 aliphatic carbocycles. The Hall–Kier alpha value is -3.14. The van der Waals surface area contributed by atoms with E-state index < -0.39 is 0 Å². The molecule has 23 heavy (non-hydrogen) atoms. The van der Waals surface area contributed by atoms with E-state index in [9.17, 15) is 5.26 Å². The molecule has 0 atom stereocenters. The molecule has 118 valence electrons.